The van der Waals surface area contributed by atoms with Crippen LogP contribution in [0.2, 0.25) is 0 Å². The van der Waals surface area contributed by atoms with Crippen LogP contribution < -0.4 is 4.90 Å². The SMILES string of the molecule is CC(C)(C)c1ccc(N(c2cc3c4ccccc4n4c5ccccc5c(c2)c34)c2c(-c3ccccc3)ccc3ccccc23)cc1. The van der Waals surface area contributed by atoms with Crippen LogP contribution in [0.15, 0.2) is 152 Å². The number of fused-ring (bicyclic) bond motifs is 7. The Labute approximate surface area is 269 Å². The minimum atomic E-state index is 0.0639. The molecular formula is C44H34N2. The highest BCUT2D eigenvalue weighted by Gasteiger charge is 2.25. The standard InChI is InChI=1S/C44H34N2/c1-44(2,3)31-22-24-32(25-23-31)45(42-34-16-8-7-15-30(34)21-26-35(42)29-13-5-4-6-14-29)33-27-38-36-17-9-11-19-40(36)46-41-20-12-10-18-37(41)39(28-33)43(38)46/h4-28H,1-3H3. The molecule has 0 N–H and O–H groups in total. The molecule has 0 saturated heterocycles. The van der Waals surface area contributed by atoms with Gasteiger partial charge in [-0.1, -0.05) is 136 Å². The number of hydrogen-bond donors (Lipinski definition) is 0. The summed E-state index contributed by atoms with van der Waals surface area (Å²) in [5.74, 6) is 0. The lowest BCUT2D eigenvalue weighted by Gasteiger charge is -2.30. The van der Waals surface area contributed by atoms with Crippen molar-refractivity contribution < 1.29 is 0 Å². The van der Waals surface area contributed by atoms with Gasteiger partial charge in [-0.25, -0.2) is 0 Å². The first-order valence-electron chi connectivity index (χ1n) is 16.1. The van der Waals surface area contributed by atoms with E-state index in [1.807, 2.05) is 0 Å². The van der Waals surface area contributed by atoms with E-state index in [1.165, 1.54) is 71.2 Å². The van der Waals surface area contributed by atoms with Gasteiger partial charge in [0.05, 0.1) is 22.2 Å². The Morgan fingerprint density at radius 3 is 1.67 bits per heavy atom. The van der Waals surface area contributed by atoms with Gasteiger partial charge in [-0.3, -0.25) is 0 Å². The lowest BCUT2D eigenvalue weighted by atomic mass is 9.87. The van der Waals surface area contributed by atoms with Crippen LogP contribution in [0.25, 0.3) is 60.0 Å². The van der Waals surface area contributed by atoms with Crippen molar-refractivity contribution in [1.29, 1.82) is 0 Å². The van der Waals surface area contributed by atoms with Crippen molar-refractivity contribution in [3.05, 3.63) is 157 Å². The molecule has 9 aromatic rings. The van der Waals surface area contributed by atoms with Crippen molar-refractivity contribution in [1.82, 2.24) is 4.40 Å². The lowest BCUT2D eigenvalue weighted by molar-refractivity contribution is 0.590. The highest BCUT2D eigenvalue weighted by Crippen LogP contribution is 2.48. The summed E-state index contributed by atoms with van der Waals surface area (Å²) < 4.78 is 2.45. The fourth-order valence-corrected chi connectivity index (χ4v) is 7.43. The van der Waals surface area contributed by atoms with Crippen LogP contribution in [-0.4, -0.2) is 4.40 Å². The van der Waals surface area contributed by atoms with Gasteiger partial charge in [-0.2, -0.15) is 0 Å². The van der Waals surface area contributed by atoms with Crippen molar-refractivity contribution in [2.45, 2.75) is 26.2 Å². The van der Waals surface area contributed by atoms with Gasteiger partial charge >= 0.3 is 0 Å². The van der Waals surface area contributed by atoms with E-state index < -0.39 is 0 Å². The van der Waals surface area contributed by atoms with Crippen molar-refractivity contribution >= 4 is 65.9 Å². The Bertz CT molecular complexity index is 2460. The first-order valence-corrected chi connectivity index (χ1v) is 16.1. The minimum Gasteiger partial charge on any atom is -0.309 e. The third kappa shape index (κ3) is 3.96. The zero-order chi connectivity index (χ0) is 31.0. The molecule has 0 amide bonds. The zero-order valence-corrected chi connectivity index (χ0v) is 26.3. The summed E-state index contributed by atoms with van der Waals surface area (Å²) in [5.41, 5.74) is 11.1. The molecule has 2 nitrogen and oxygen atoms in total. The molecular weight excluding hydrogens is 556 g/mol. The molecule has 0 unspecified atom stereocenters. The van der Waals surface area contributed by atoms with E-state index in [4.69, 9.17) is 0 Å². The van der Waals surface area contributed by atoms with Crippen LogP contribution in [0.1, 0.15) is 26.3 Å². The summed E-state index contributed by atoms with van der Waals surface area (Å²) in [6.45, 7) is 6.84. The number of hydrogen-bond acceptors (Lipinski definition) is 1. The maximum atomic E-state index is 2.50. The van der Waals surface area contributed by atoms with Gasteiger partial charge in [0.1, 0.15) is 0 Å². The highest BCUT2D eigenvalue weighted by molar-refractivity contribution is 6.25. The molecule has 0 aliphatic carbocycles. The van der Waals surface area contributed by atoms with E-state index in [1.54, 1.807) is 0 Å². The summed E-state index contributed by atoms with van der Waals surface area (Å²) in [7, 11) is 0. The molecule has 0 saturated carbocycles. The molecule has 0 radical (unpaired) electrons. The number of nitrogens with zero attached hydrogens (tertiary/aromatic N) is 2. The van der Waals surface area contributed by atoms with Crippen molar-refractivity contribution in [2.75, 3.05) is 4.90 Å². The fourth-order valence-electron chi connectivity index (χ4n) is 7.43. The molecule has 0 atom stereocenters. The van der Waals surface area contributed by atoms with Crippen LogP contribution in [0.5, 0.6) is 0 Å². The monoisotopic (exact) mass is 590 g/mol. The predicted octanol–water partition coefficient (Wildman–Crippen LogP) is 12.4. The molecule has 9 rings (SSSR count). The second kappa shape index (κ2) is 9.95. The Morgan fingerprint density at radius 2 is 1.04 bits per heavy atom. The van der Waals surface area contributed by atoms with E-state index in [0.717, 1.165) is 11.4 Å². The van der Waals surface area contributed by atoms with Crippen molar-refractivity contribution in [2.24, 2.45) is 0 Å². The van der Waals surface area contributed by atoms with Gasteiger partial charge in [-0.05, 0) is 58.3 Å². The van der Waals surface area contributed by atoms with Crippen LogP contribution >= 0.6 is 0 Å². The average Bonchev–Trinajstić information content (AvgIpc) is 3.60. The van der Waals surface area contributed by atoms with Crippen LogP contribution in [-0.2, 0) is 5.41 Å². The molecule has 2 aromatic heterocycles. The van der Waals surface area contributed by atoms with E-state index in [9.17, 15) is 0 Å². The first kappa shape index (κ1) is 26.8. The van der Waals surface area contributed by atoms with Crippen LogP contribution in [0.3, 0.4) is 0 Å². The lowest BCUT2D eigenvalue weighted by Crippen LogP contribution is -2.14. The Hall–Kier alpha value is -5.60. The Kier molecular flexibility index (Phi) is 5.79. The molecule has 46 heavy (non-hydrogen) atoms. The predicted molar refractivity (Wildman–Crippen MR) is 197 cm³/mol. The maximum absolute atomic E-state index is 2.50. The Balaban J connectivity index is 1.43. The van der Waals surface area contributed by atoms with Crippen molar-refractivity contribution in [3.63, 3.8) is 0 Å². The summed E-state index contributed by atoms with van der Waals surface area (Å²) in [4.78, 5) is 2.50. The first-order chi connectivity index (χ1) is 22.5. The van der Waals surface area contributed by atoms with E-state index in [-0.39, 0.29) is 5.41 Å². The molecule has 220 valence electrons. The second-order valence-corrected chi connectivity index (χ2v) is 13.4. The summed E-state index contributed by atoms with van der Waals surface area (Å²) in [6.07, 6.45) is 0. The van der Waals surface area contributed by atoms with Gasteiger partial charge in [-0.15, -0.1) is 0 Å². The molecule has 2 heterocycles. The van der Waals surface area contributed by atoms with Crippen LogP contribution in [0, 0.1) is 0 Å². The van der Waals surface area contributed by atoms with Gasteiger partial charge in [0.15, 0.2) is 0 Å². The number of rotatable bonds is 4. The van der Waals surface area contributed by atoms with Crippen molar-refractivity contribution in [3.8, 4) is 11.1 Å². The molecule has 0 bridgehead atoms. The smallest absolute Gasteiger partial charge is 0.0622 e. The van der Waals surface area contributed by atoms with Gasteiger partial charge in [0.25, 0.3) is 0 Å². The fraction of sp³-hybridized carbons (Fsp3) is 0.0909. The third-order valence-electron chi connectivity index (χ3n) is 9.65. The molecule has 2 heteroatoms. The molecule has 0 spiro atoms. The van der Waals surface area contributed by atoms with E-state index in [2.05, 4.69) is 182 Å². The normalized spacial score (nSPS) is 12.2. The molecule has 7 aromatic carbocycles. The summed E-state index contributed by atoms with van der Waals surface area (Å²) in [6, 6.07) is 55.8. The highest BCUT2D eigenvalue weighted by atomic mass is 15.1. The summed E-state index contributed by atoms with van der Waals surface area (Å²) >= 11 is 0. The second-order valence-electron chi connectivity index (χ2n) is 13.4. The average molecular weight is 591 g/mol. The van der Waals surface area contributed by atoms with Crippen LogP contribution in [0.4, 0.5) is 17.1 Å². The quantitative estimate of drug-likeness (QED) is 0.198. The van der Waals surface area contributed by atoms with E-state index in [0.29, 0.717) is 0 Å². The largest absolute Gasteiger partial charge is 0.309 e. The van der Waals surface area contributed by atoms with Gasteiger partial charge < -0.3 is 9.30 Å². The molecule has 0 aliphatic heterocycles. The van der Waals surface area contributed by atoms with E-state index >= 15 is 0 Å². The minimum absolute atomic E-state index is 0.0639. The summed E-state index contributed by atoms with van der Waals surface area (Å²) in [5, 5.41) is 7.55. The van der Waals surface area contributed by atoms with Gasteiger partial charge in [0, 0.05) is 43.9 Å². The topological polar surface area (TPSA) is 7.65 Å². The molecule has 0 fully saturated rings. The Morgan fingerprint density at radius 1 is 0.478 bits per heavy atom. The maximum Gasteiger partial charge on any atom is 0.0622 e. The molecule has 0 aliphatic rings. The number of anilines is 3. The van der Waals surface area contributed by atoms with Gasteiger partial charge in [0.2, 0.25) is 0 Å². The third-order valence-corrected chi connectivity index (χ3v) is 9.65. The number of aromatic nitrogens is 1. The number of benzene rings is 7. The zero-order valence-electron chi connectivity index (χ0n) is 26.3. The number of para-hydroxylation sites is 2.